The smallest absolute Gasteiger partial charge is 0.329 e. The number of aliphatic imine (C=N–C) groups is 3. The Kier molecular flexibility index (Phi) is 25.0. The SMILES string of the molecule is CC(=O)SCC/C=C/[C@@H]1CC(=O)NCC2=NC(=CC2)C2=N[C@@](C)(CS2)C(=O)N[C@@H](C(C)C)C(=O)O1.CCCCCCCC(=O)SCC/C=C/[C@@H]1CC(=O)NCc2nc(cs2)C2=N[C@@](C)(CS2)C(=O)N[C@@H](C(C)C)C(=O)O1. The lowest BCUT2D eigenvalue weighted by atomic mass is 10.0. The van der Waals surface area contributed by atoms with Gasteiger partial charge in [-0.15, -0.1) is 34.9 Å². The number of cyclic esters (lactones) is 2. The Balaban J connectivity index is 0.000000284. The van der Waals surface area contributed by atoms with E-state index in [1.54, 1.807) is 32.1 Å². The third-order valence-electron chi connectivity index (χ3n) is 12.4. The van der Waals surface area contributed by atoms with Gasteiger partial charge in [-0.25, -0.2) is 14.6 Å². The van der Waals surface area contributed by atoms with Crippen molar-refractivity contribution in [3.63, 3.8) is 0 Å². The van der Waals surface area contributed by atoms with Gasteiger partial charge in [0.1, 0.15) is 56.2 Å². The number of rotatable bonds is 16. The van der Waals surface area contributed by atoms with Crippen molar-refractivity contribution in [3.8, 4) is 0 Å². The lowest BCUT2D eigenvalue weighted by Crippen LogP contribution is -2.53. The summed E-state index contributed by atoms with van der Waals surface area (Å²) >= 11 is 6.84. The molecule has 5 aliphatic rings. The number of unbranched alkanes of at least 4 members (excludes halogenated alkanes) is 4. The summed E-state index contributed by atoms with van der Waals surface area (Å²) in [6, 6.07) is -1.79. The number of nitrogens with one attached hydrogen (secondary N) is 4. The average Bonchev–Trinajstić information content (AvgIpc) is 4.21. The van der Waals surface area contributed by atoms with Crippen LogP contribution in [-0.4, -0.2) is 132 Å². The number of thiazole rings is 1. The van der Waals surface area contributed by atoms with E-state index in [4.69, 9.17) is 9.47 Å². The summed E-state index contributed by atoms with van der Waals surface area (Å²) in [5, 5.41) is 15.6. The number of carbonyl (C=O) groups excluding carboxylic acids is 8. The molecule has 4 amide bonds. The highest BCUT2D eigenvalue weighted by molar-refractivity contribution is 8.15. The first-order valence-corrected chi connectivity index (χ1v) is 30.9. The van der Waals surface area contributed by atoms with Gasteiger partial charge in [0.05, 0.1) is 31.6 Å². The molecule has 416 valence electrons. The molecule has 6 heterocycles. The van der Waals surface area contributed by atoms with E-state index in [1.807, 2.05) is 45.2 Å². The molecule has 1 aromatic heterocycles. The molecule has 0 radical (unpaired) electrons. The summed E-state index contributed by atoms with van der Waals surface area (Å²) in [5.74, 6) is -0.857. The van der Waals surface area contributed by atoms with Gasteiger partial charge in [-0.2, -0.15) is 0 Å². The van der Waals surface area contributed by atoms with Crippen molar-refractivity contribution in [1.29, 1.82) is 0 Å². The number of allylic oxidation sites excluding steroid dienone is 3. The molecule has 0 unspecified atom stereocenters. The molecule has 0 aliphatic carbocycles. The molecule has 0 fully saturated rings. The van der Waals surface area contributed by atoms with Crippen LogP contribution in [0, 0.1) is 11.8 Å². The van der Waals surface area contributed by atoms with Gasteiger partial charge < -0.3 is 30.7 Å². The van der Waals surface area contributed by atoms with Crippen molar-refractivity contribution in [1.82, 2.24) is 26.3 Å². The summed E-state index contributed by atoms with van der Waals surface area (Å²) in [4.78, 5) is 120. The molecule has 5 aliphatic heterocycles. The van der Waals surface area contributed by atoms with Gasteiger partial charge in [0.25, 0.3) is 0 Å². The Labute approximate surface area is 467 Å². The fourth-order valence-electron chi connectivity index (χ4n) is 7.87. The molecule has 8 bridgehead atoms. The zero-order chi connectivity index (χ0) is 55.4. The Morgan fingerprint density at radius 1 is 0.763 bits per heavy atom. The van der Waals surface area contributed by atoms with Gasteiger partial charge in [0.15, 0.2) is 10.2 Å². The van der Waals surface area contributed by atoms with Crippen molar-refractivity contribution in [2.75, 3.05) is 29.6 Å². The molecule has 1 aromatic rings. The first kappa shape index (κ1) is 62.3. The first-order chi connectivity index (χ1) is 36.2. The second-order valence-electron chi connectivity index (χ2n) is 20.0. The van der Waals surface area contributed by atoms with E-state index in [-0.39, 0.29) is 71.6 Å². The number of amides is 4. The number of aromatic nitrogens is 1. The number of nitrogens with zero attached hydrogens (tertiary/aromatic N) is 4. The van der Waals surface area contributed by atoms with Gasteiger partial charge in [0, 0.05) is 53.9 Å². The Morgan fingerprint density at radius 3 is 1.87 bits per heavy atom. The standard InChI is InChI=1S/C29H42N4O5S3.C24H32N4O5S2/c1-5-6-7-8-9-13-24(35)39-14-11-10-12-20-15-22(34)30-16-23-31-21(17-40-23)26-33-29(4,18-41-26)28(37)32-25(19(2)3)27(36)38-20;1-14(2)20-22(31)33-17(7-5-6-10-34-15(3)29)11-19(30)25-12-16-8-9-18(26-16)21-28-24(4,13-35-21)23(32)27-20/h10,12,17,19-20,25H,5-9,11,13-16,18H2,1-4H3,(H,30,34)(H,32,37);5,7,9,14,17,20H,6,8,10-13H2,1-4H3,(H,25,30)(H,27,32)/b12-10+;7-5+/t20-,25+,29+;17-,20+,24+/m11/s1. The number of thioether (sulfide) groups is 4. The average molecular weight is 1140 g/mol. The normalized spacial score (nSPS) is 25.7. The number of fused-ring (bicyclic) bond motifs is 7. The van der Waals surface area contributed by atoms with Crippen LogP contribution >= 0.6 is 58.4 Å². The lowest BCUT2D eigenvalue weighted by Gasteiger charge is -2.27. The summed E-state index contributed by atoms with van der Waals surface area (Å²) in [7, 11) is 0. The van der Waals surface area contributed by atoms with Gasteiger partial charge >= 0.3 is 11.9 Å². The van der Waals surface area contributed by atoms with Crippen LogP contribution in [0.5, 0.6) is 0 Å². The van der Waals surface area contributed by atoms with Crippen molar-refractivity contribution in [2.45, 2.75) is 168 Å². The third kappa shape index (κ3) is 19.7. The molecule has 0 spiro atoms. The Hall–Kier alpha value is -4.58. The van der Waals surface area contributed by atoms with Crippen LogP contribution in [0.15, 0.2) is 56.4 Å². The molecule has 76 heavy (non-hydrogen) atoms. The maximum atomic E-state index is 13.3. The van der Waals surface area contributed by atoms with E-state index in [1.165, 1.54) is 84.6 Å². The van der Waals surface area contributed by atoms with E-state index in [2.05, 4.69) is 48.2 Å². The maximum Gasteiger partial charge on any atom is 0.329 e. The second kappa shape index (κ2) is 30.5. The van der Waals surface area contributed by atoms with Gasteiger partial charge in [-0.1, -0.05) is 102 Å². The van der Waals surface area contributed by atoms with Crippen LogP contribution in [-0.2, 0) is 54.4 Å². The van der Waals surface area contributed by atoms with Crippen LogP contribution in [0.25, 0.3) is 0 Å². The van der Waals surface area contributed by atoms with Crippen molar-refractivity contribution in [2.24, 2.45) is 26.8 Å². The van der Waals surface area contributed by atoms with Crippen LogP contribution in [0.1, 0.15) is 137 Å². The van der Waals surface area contributed by atoms with E-state index < -0.39 is 47.3 Å². The number of esters is 2. The number of hydrogen-bond acceptors (Lipinski definition) is 19. The van der Waals surface area contributed by atoms with Crippen molar-refractivity contribution in [3.05, 3.63) is 52.2 Å². The molecule has 0 saturated heterocycles. The predicted octanol–water partition coefficient (Wildman–Crippen LogP) is 7.45. The molecule has 6 rings (SSSR count). The molecular formula is C53H74N8O10S5. The second-order valence-corrected chi connectivity index (χ2v) is 25.3. The van der Waals surface area contributed by atoms with E-state index in [9.17, 15) is 38.4 Å². The quantitative estimate of drug-likeness (QED) is 0.0712. The number of hydrogen-bond donors (Lipinski definition) is 4. The van der Waals surface area contributed by atoms with Gasteiger partial charge in [-0.3, -0.25) is 43.7 Å². The minimum absolute atomic E-state index is 0.0303. The van der Waals surface area contributed by atoms with E-state index in [0.29, 0.717) is 70.2 Å². The van der Waals surface area contributed by atoms with Gasteiger partial charge in [0.2, 0.25) is 23.6 Å². The van der Waals surface area contributed by atoms with Crippen molar-refractivity contribution >= 4 is 120 Å². The summed E-state index contributed by atoms with van der Waals surface area (Å²) in [6.45, 7) is 15.0. The monoisotopic (exact) mass is 1140 g/mol. The summed E-state index contributed by atoms with van der Waals surface area (Å²) in [5.41, 5.74) is 0.137. The van der Waals surface area contributed by atoms with Crippen LogP contribution < -0.4 is 21.3 Å². The fourth-order valence-corrected chi connectivity index (χ4v) is 12.3. The Bertz CT molecular complexity index is 2470. The lowest BCUT2D eigenvalue weighted by molar-refractivity contribution is -0.154. The van der Waals surface area contributed by atoms with Crippen LogP contribution in [0.2, 0.25) is 0 Å². The first-order valence-electron chi connectivity index (χ1n) is 26.0. The topological polar surface area (TPSA) is 253 Å². The zero-order valence-electron chi connectivity index (χ0n) is 44.9. The molecule has 6 atom stereocenters. The molecule has 18 nitrogen and oxygen atoms in total. The Morgan fingerprint density at radius 2 is 1.30 bits per heavy atom. The molecule has 23 heteroatoms. The summed E-state index contributed by atoms with van der Waals surface area (Å²) in [6.07, 6.45) is 15.1. The summed E-state index contributed by atoms with van der Waals surface area (Å²) < 4.78 is 11.5. The van der Waals surface area contributed by atoms with Crippen molar-refractivity contribution < 1.29 is 47.8 Å². The zero-order valence-corrected chi connectivity index (χ0v) is 48.9. The highest BCUT2D eigenvalue weighted by atomic mass is 32.2. The molecule has 0 aromatic carbocycles. The largest absolute Gasteiger partial charge is 0.456 e. The fraction of sp³-hybridized carbons (Fsp3) is 0.623. The van der Waals surface area contributed by atoms with Gasteiger partial charge in [-0.05, 0) is 57.1 Å². The minimum Gasteiger partial charge on any atom is -0.456 e. The number of ether oxygens (including phenoxy) is 2. The van der Waals surface area contributed by atoms with Crippen LogP contribution in [0.3, 0.4) is 0 Å². The molecule has 0 saturated carbocycles. The van der Waals surface area contributed by atoms with Crippen LogP contribution in [0.4, 0.5) is 0 Å². The van der Waals surface area contributed by atoms with E-state index in [0.717, 1.165) is 23.6 Å². The highest BCUT2D eigenvalue weighted by Gasteiger charge is 2.43. The maximum absolute atomic E-state index is 13.3. The molecular weight excluding hydrogens is 1070 g/mol. The predicted molar refractivity (Wildman–Crippen MR) is 307 cm³/mol. The minimum atomic E-state index is -1.04. The van der Waals surface area contributed by atoms with E-state index >= 15 is 0 Å². The number of carbonyl (C=O) groups is 8. The third-order valence-corrected chi connectivity index (χ3v) is 17.6. The highest BCUT2D eigenvalue weighted by Crippen LogP contribution is 2.34. The molecule has 4 N–H and O–H groups in total.